The van der Waals surface area contributed by atoms with Gasteiger partial charge in [0.05, 0.1) is 18.5 Å². The normalized spacial score (nSPS) is 13.9. The summed E-state index contributed by atoms with van der Waals surface area (Å²) in [6.45, 7) is 6.76. The van der Waals surface area contributed by atoms with Crippen molar-refractivity contribution in [2.24, 2.45) is 4.99 Å². The van der Waals surface area contributed by atoms with Gasteiger partial charge in [-0.05, 0) is 43.2 Å². The Labute approximate surface area is 180 Å². The van der Waals surface area contributed by atoms with Gasteiger partial charge in [-0.2, -0.15) is 0 Å². The Balaban J connectivity index is 1.55. The topological polar surface area (TPSA) is 95.5 Å². The molecule has 0 saturated heterocycles. The second kappa shape index (κ2) is 9.06. The van der Waals surface area contributed by atoms with Gasteiger partial charge in [0, 0.05) is 23.5 Å². The average Bonchev–Trinajstić information content (AvgIpc) is 3.41. The lowest BCUT2D eigenvalue weighted by atomic mass is 10.0. The molecule has 0 aliphatic carbocycles. The molecule has 0 saturated carbocycles. The van der Waals surface area contributed by atoms with Crippen molar-refractivity contribution in [3.63, 3.8) is 0 Å². The largest absolute Gasteiger partial charge is 0.493 e. The van der Waals surface area contributed by atoms with Crippen molar-refractivity contribution in [1.29, 1.82) is 0 Å². The number of allylic oxidation sites excluding steroid dienone is 1. The molecule has 1 aliphatic rings. The second-order valence-electron chi connectivity index (χ2n) is 7.17. The van der Waals surface area contributed by atoms with E-state index in [4.69, 9.17) is 9.47 Å². The van der Waals surface area contributed by atoms with Crippen LogP contribution in [0.1, 0.15) is 47.8 Å². The zero-order valence-electron chi connectivity index (χ0n) is 17.7. The van der Waals surface area contributed by atoms with Crippen LogP contribution >= 0.6 is 0 Å². The number of nitrogens with one attached hydrogen (secondary N) is 2. The van der Waals surface area contributed by atoms with Gasteiger partial charge < -0.3 is 24.5 Å². The van der Waals surface area contributed by atoms with E-state index >= 15 is 0 Å². The van der Waals surface area contributed by atoms with Crippen LogP contribution in [0.4, 0.5) is 0 Å². The summed E-state index contributed by atoms with van der Waals surface area (Å²) in [5, 5.41) is 11.9. The Hall–Kier alpha value is -3.58. The van der Waals surface area contributed by atoms with E-state index in [0.717, 1.165) is 40.6 Å². The molecule has 1 aromatic carbocycles. The molecular formula is C24H26N4O3. The standard InChI is InChI=1S/C24H26N4O3/c1-4-7-19-18(5-2)27-22(28-19)14-31-20-10-9-15(12-21(20)30-3)23(29)17-13-26-24-16(17)8-6-11-25-24/h4-5,7-10,12-13,23,29H,2,6,11,14H2,1,3H3,(H,25,26)(H,27,28)/b7-4-. The molecule has 3 N–H and O–H groups in total. The fourth-order valence-electron chi connectivity index (χ4n) is 3.67. The Morgan fingerprint density at radius 3 is 2.97 bits per heavy atom. The number of H-pyrrole nitrogens is 2. The van der Waals surface area contributed by atoms with Crippen molar-refractivity contribution in [2.75, 3.05) is 13.7 Å². The molecule has 0 bridgehead atoms. The summed E-state index contributed by atoms with van der Waals surface area (Å²) in [5.41, 5.74) is 4.01. The minimum Gasteiger partial charge on any atom is -0.493 e. The summed E-state index contributed by atoms with van der Waals surface area (Å²) < 4.78 is 11.4. The number of imidazole rings is 1. The van der Waals surface area contributed by atoms with Gasteiger partial charge in [-0.3, -0.25) is 4.99 Å². The van der Waals surface area contributed by atoms with Crippen LogP contribution in [-0.2, 0) is 6.61 Å². The third-order valence-corrected chi connectivity index (χ3v) is 5.18. The Morgan fingerprint density at radius 1 is 1.32 bits per heavy atom. The maximum atomic E-state index is 11.0. The Bertz CT molecular complexity index is 1240. The van der Waals surface area contributed by atoms with Crippen LogP contribution in [0.15, 0.2) is 42.0 Å². The molecule has 0 fully saturated rings. The molecule has 3 heterocycles. The van der Waals surface area contributed by atoms with E-state index in [-0.39, 0.29) is 6.61 Å². The molecule has 31 heavy (non-hydrogen) atoms. The number of nitrogens with zero attached hydrogens (tertiary/aromatic N) is 2. The fourth-order valence-corrected chi connectivity index (χ4v) is 3.67. The van der Waals surface area contributed by atoms with Crippen LogP contribution in [0.3, 0.4) is 0 Å². The predicted octanol–water partition coefficient (Wildman–Crippen LogP) is 2.89. The first kappa shape index (κ1) is 20.7. The molecule has 0 spiro atoms. The summed E-state index contributed by atoms with van der Waals surface area (Å²) in [4.78, 5) is 15.3. The number of aromatic amines is 2. The highest BCUT2D eigenvalue weighted by Gasteiger charge is 2.18. The molecule has 3 aromatic rings. The number of methoxy groups -OCH3 is 1. The summed E-state index contributed by atoms with van der Waals surface area (Å²) in [7, 11) is 1.58. The van der Waals surface area contributed by atoms with Crippen LogP contribution < -0.4 is 20.2 Å². The van der Waals surface area contributed by atoms with Gasteiger partial charge in [0.2, 0.25) is 0 Å². The number of rotatable bonds is 8. The van der Waals surface area contributed by atoms with E-state index in [0.29, 0.717) is 22.9 Å². The lowest BCUT2D eigenvalue weighted by Gasteiger charge is -2.15. The number of benzene rings is 1. The lowest BCUT2D eigenvalue weighted by Crippen LogP contribution is -2.29. The molecule has 0 radical (unpaired) electrons. The van der Waals surface area contributed by atoms with Gasteiger partial charge in [0.1, 0.15) is 24.0 Å². The monoisotopic (exact) mass is 418 g/mol. The highest BCUT2D eigenvalue weighted by Crippen LogP contribution is 2.32. The van der Waals surface area contributed by atoms with E-state index in [2.05, 4.69) is 32.6 Å². The molecule has 1 unspecified atom stereocenters. The van der Waals surface area contributed by atoms with Crippen LogP contribution in [0, 0.1) is 0 Å². The fraction of sp³-hybridized carbons (Fsp3) is 0.250. The average molecular weight is 418 g/mol. The number of aliphatic hydroxyl groups is 1. The maximum absolute atomic E-state index is 11.0. The first-order valence-electron chi connectivity index (χ1n) is 10.2. The van der Waals surface area contributed by atoms with Crippen LogP contribution in [0.2, 0.25) is 0 Å². The maximum Gasteiger partial charge on any atom is 0.161 e. The number of hydrogen-bond acceptors (Lipinski definition) is 5. The molecular weight excluding hydrogens is 392 g/mol. The van der Waals surface area contributed by atoms with Crippen molar-refractivity contribution < 1.29 is 14.6 Å². The van der Waals surface area contributed by atoms with Crippen LogP contribution in [0.5, 0.6) is 11.5 Å². The van der Waals surface area contributed by atoms with Crippen LogP contribution in [0.25, 0.3) is 18.2 Å². The van der Waals surface area contributed by atoms with Gasteiger partial charge in [0.25, 0.3) is 0 Å². The van der Waals surface area contributed by atoms with Crippen molar-refractivity contribution >= 4 is 18.2 Å². The van der Waals surface area contributed by atoms with Gasteiger partial charge in [-0.1, -0.05) is 24.8 Å². The predicted molar refractivity (Wildman–Crippen MR) is 120 cm³/mol. The van der Waals surface area contributed by atoms with E-state index in [9.17, 15) is 5.11 Å². The van der Waals surface area contributed by atoms with Crippen molar-refractivity contribution in [1.82, 2.24) is 15.0 Å². The van der Waals surface area contributed by atoms with Crippen LogP contribution in [-0.4, -0.2) is 33.7 Å². The summed E-state index contributed by atoms with van der Waals surface area (Å²) in [5.74, 6) is 1.80. The van der Waals surface area contributed by atoms with Gasteiger partial charge >= 0.3 is 0 Å². The highest BCUT2D eigenvalue weighted by molar-refractivity contribution is 5.58. The molecule has 1 atom stereocenters. The minimum atomic E-state index is -0.795. The molecule has 1 aliphatic heterocycles. The van der Waals surface area contributed by atoms with Gasteiger partial charge in [-0.15, -0.1) is 0 Å². The van der Waals surface area contributed by atoms with Crippen molar-refractivity contribution in [3.05, 3.63) is 76.1 Å². The SMILES string of the molecule is C=Cc1nc(COc2ccc(C(O)c3c[nH]c4c3=CCCN=4)cc2OC)[nH]c1/C=C\C. The zero-order valence-corrected chi connectivity index (χ0v) is 17.7. The van der Waals surface area contributed by atoms with Crippen molar-refractivity contribution in [3.8, 4) is 11.5 Å². The van der Waals surface area contributed by atoms with E-state index in [1.807, 2.05) is 31.3 Å². The zero-order chi connectivity index (χ0) is 21.8. The number of aromatic nitrogens is 3. The van der Waals surface area contributed by atoms with E-state index in [1.165, 1.54) is 0 Å². The molecule has 7 nitrogen and oxygen atoms in total. The first-order chi connectivity index (χ1) is 15.1. The smallest absolute Gasteiger partial charge is 0.161 e. The number of aliphatic hydroxyl groups excluding tert-OH is 1. The molecule has 2 aromatic heterocycles. The third kappa shape index (κ3) is 4.18. The summed E-state index contributed by atoms with van der Waals surface area (Å²) in [6, 6.07) is 5.43. The molecule has 7 heteroatoms. The lowest BCUT2D eigenvalue weighted by molar-refractivity contribution is 0.218. The van der Waals surface area contributed by atoms with Gasteiger partial charge in [0.15, 0.2) is 11.5 Å². The highest BCUT2D eigenvalue weighted by atomic mass is 16.5. The molecule has 0 amide bonds. The number of fused-ring (bicyclic) bond motifs is 1. The minimum absolute atomic E-state index is 0.248. The van der Waals surface area contributed by atoms with Crippen molar-refractivity contribution in [2.45, 2.75) is 26.1 Å². The quantitative estimate of drug-likeness (QED) is 0.524. The molecule has 4 rings (SSSR count). The third-order valence-electron chi connectivity index (χ3n) is 5.18. The van der Waals surface area contributed by atoms with E-state index in [1.54, 1.807) is 25.3 Å². The van der Waals surface area contributed by atoms with Gasteiger partial charge in [-0.25, -0.2) is 4.98 Å². The summed E-state index contributed by atoms with van der Waals surface area (Å²) in [6.07, 6.45) is 9.58. The first-order valence-corrected chi connectivity index (χ1v) is 10.2. The molecule has 160 valence electrons. The Morgan fingerprint density at radius 2 is 2.19 bits per heavy atom. The number of hydrogen-bond donors (Lipinski definition) is 3. The van der Waals surface area contributed by atoms with E-state index < -0.39 is 6.10 Å². The second-order valence-corrected chi connectivity index (χ2v) is 7.17. The Kier molecular flexibility index (Phi) is 6.04. The summed E-state index contributed by atoms with van der Waals surface area (Å²) >= 11 is 0. The number of ether oxygens (including phenoxy) is 2.